The average Bonchev–Trinajstić information content (AvgIpc) is 2.32. The summed E-state index contributed by atoms with van der Waals surface area (Å²) in [5, 5.41) is 3.89. The highest BCUT2D eigenvalue weighted by molar-refractivity contribution is 6.31. The smallest absolute Gasteiger partial charge is 0.188 e. The van der Waals surface area contributed by atoms with Gasteiger partial charge in [0.2, 0.25) is 0 Å². The highest BCUT2D eigenvalue weighted by Gasteiger charge is 1.98. The summed E-state index contributed by atoms with van der Waals surface area (Å²) in [4.78, 5) is 4.22. The van der Waals surface area contributed by atoms with Crippen molar-refractivity contribution < 1.29 is 0 Å². The van der Waals surface area contributed by atoms with Crippen LogP contribution in [0, 0.1) is 0 Å². The van der Waals surface area contributed by atoms with Crippen molar-refractivity contribution in [2.45, 2.75) is 26.2 Å². The molecule has 1 aromatic carbocycles. The number of benzene rings is 1. The van der Waals surface area contributed by atoms with Crippen molar-refractivity contribution in [1.29, 1.82) is 0 Å². The average molecular weight is 254 g/mol. The quantitative estimate of drug-likeness (QED) is 0.465. The van der Waals surface area contributed by atoms with Gasteiger partial charge in [-0.2, -0.15) is 0 Å². The first-order valence-electron chi connectivity index (χ1n) is 6.01. The third kappa shape index (κ3) is 5.59. The molecule has 0 aliphatic carbocycles. The number of guanidine groups is 1. The summed E-state index contributed by atoms with van der Waals surface area (Å²) in [7, 11) is 0. The molecule has 0 saturated heterocycles. The van der Waals surface area contributed by atoms with Crippen LogP contribution in [0.25, 0.3) is 0 Å². The van der Waals surface area contributed by atoms with E-state index < -0.39 is 0 Å². The van der Waals surface area contributed by atoms with Gasteiger partial charge < -0.3 is 11.1 Å². The molecule has 1 rings (SSSR count). The van der Waals surface area contributed by atoms with Gasteiger partial charge in [-0.25, -0.2) is 0 Å². The van der Waals surface area contributed by atoms with Gasteiger partial charge in [0.25, 0.3) is 0 Å². The van der Waals surface area contributed by atoms with Gasteiger partial charge in [-0.05, 0) is 24.5 Å². The van der Waals surface area contributed by atoms with E-state index in [1.54, 1.807) is 0 Å². The molecule has 0 unspecified atom stereocenters. The van der Waals surface area contributed by atoms with Crippen LogP contribution in [-0.2, 0) is 6.42 Å². The molecule has 0 aliphatic heterocycles. The standard InChI is InChI=1S/C13H20ClN3/c1-2-3-9-16-13(15)17-10-8-11-6-4-5-7-12(11)14/h4-7H,2-3,8-10H2,1H3,(H3,15,16,17). The molecule has 17 heavy (non-hydrogen) atoms. The fourth-order valence-electron chi connectivity index (χ4n) is 1.44. The highest BCUT2D eigenvalue weighted by atomic mass is 35.5. The summed E-state index contributed by atoms with van der Waals surface area (Å²) in [6, 6.07) is 7.84. The van der Waals surface area contributed by atoms with Crippen molar-refractivity contribution in [1.82, 2.24) is 5.32 Å². The van der Waals surface area contributed by atoms with E-state index in [4.69, 9.17) is 17.3 Å². The van der Waals surface area contributed by atoms with Crippen molar-refractivity contribution in [3.05, 3.63) is 34.9 Å². The minimum absolute atomic E-state index is 0.519. The van der Waals surface area contributed by atoms with E-state index in [1.807, 2.05) is 24.3 Å². The van der Waals surface area contributed by atoms with Crippen LogP contribution in [0.5, 0.6) is 0 Å². The topological polar surface area (TPSA) is 50.4 Å². The number of nitrogens with two attached hydrogens (primary N) is 1. The highest BCUT2D eigenvalue weighted by Crippen LogP contribution is 2.14. The molecule has 4 heteroatoms. The molecule has 0 radical (unpaired) electrons. The number of unbranched alkanes of at least 4 members (excludes halogenated alkanes) is 1. The Morgan fingerprint density at radius 2 is 2.18 bits per heavy atom. The van der Waals surface area contributed by atoms with Crippen molar-refractivity contribution in [3.63, 3.8) is 0 Å². The lowest BCUT2D eigenvalue weighted by Gasteiger charge is -2.06. The Bertz CT molecular complexity index is 363. The molecule has 0 amide bonds. The van der Waals surface area contributed by atoms with Gasteiger partial charge in [0, 0.05) is 18.1 Å². The molecule has 1 aromatic rings. The van der Waals surface area contributed by atoms with E-state index in [1.165, 1.54) is 0 Å². The number of nitrogens with zero attached hydrogens (tertiary/aromatic N) is 1. The zero-order chi connectivity index (χ0) is 12.5. The van der Waals surface area contributed by atoms with Crippen LogP contribution in [0.4, 0.5) is 0 Å². The SMILES string of the molecule is CCCCN=C(N)NCCc1ccccc1Cl. The first kappa shape index (κ1) is 13.8. The second kappa shape index (κ2) is 7.96. The van der Waals surface area contributed by atoms with E-state index in [0.717, 1.165) is 42.9 Å². The maximum absolute atomic E-state index is 6.05. The number of hydrogen-bond acceptors (Lipinski definition) is 1. The maximum Gasteiger partial charge on any atom is 0.188 e. The van der Waals surface area contributed by atoms with Crippen molar-refractivity contribution in [2.75, 3.05) is 13.1 Å². The van der Waals surface area contributed by atoms with Gasteiger partial charge >= 0.3 is 0 Å². The fraction of sp³-hybridized carbons (Fsp3) is 0.462. The Labute approximate surface area is 108 Å². The minimum Gasteiger partial charge on any atom is -0.370 e. The predicted octanol–water partition coefficient (Wildman–Crippen LogP) is 2.59. The van der Waals surface area contributed by atoms with E-state index in [0.29, 0.717) is 5.96 Å². The molecule has 0 bridgehead atoms. The third-order valence-corrected chi connectivity index (χ3v) is 2.82. The van der Waals surface area contributed by atoms with E-state index in [2.05, 4.69) is 17.2 Å². The van der Waals surface area contributed by atoms with E-state index in [9.17, 15) is 0 Å². The monoisotopic (exact) mass is 253 g/mol. The number of halogens is 1. The number of hydrogen-bond donors (Lipinski definition) is 2. The molecular weight excluding hydrogens is 234 g/mol. The molecule has 0 aliphatic rings. The number of aliphatic imine (C=N–C) groups is 1. The summed E-state index contributed by atoms with van der Waals surface area (Å²) in [6.07, 6.45) is 3.06. The first-order chi connectivity index (χ1) is 8.24. The molecule has 3 N–H and O–H groups in total. The molecule has 0 heterocycles. The Balaban J connectivity index is 2.28. The van der Waals surface area contributed by atoms with Gasteiger partial charge in [-0.15, -0.1) is 0 Å². The molecule has 0 fully saturated rings. The van der Waals surface area contributed by atoms with Crippen molar-refractivity contribution in [3.8, 4) is 0 Å². The van der Waals surface area contributed by atoms with E-state index >= 15 is 0 Å². The van der Waals surface area contributed by atoms with Crippen LogP contribution >= 0.6 is 11.6 Å². The summed E-state index contributed by atoms with van der Waals surface area (Å²) in [6.45, 7) is 3.68. The summed E-state index contributed by atoms with van der Waals surface area (Å²) in [5.41, 5.74) is 6.85. The normalized spacial score (nSPS) is 11.5. The van der Waals surface area contributed by atoms with Gasteiger partial charge in [-0.3, -0.25) is 4.99 Å². The first-order valence-corrected chi connectivity index (χ1v) is 6.39. The van der Waals surface area contributed by atoms with Crippen LogP contribution in [-0.4, -0.2) is 19.0 Å². The van der Waals surface area contributed by atoms with Crippen LogP contribution in [0.2, 0.25) is 5.02 Å². The van der Waals surface area contributed by atoms with Gasteiger partial charge in [-0.1, -0.05) is 43.1 Å². The Hall–Kier alpha value is -1.22. The van der Waals surface area contributed by atoms with Crippen LogP contribution in [0.15, 0.2) is 29.3 Å². The lowest BCUT2D eigenvalue weighted by Crippen LogP contribution is -2.33. The summed E-state index contributed by atoms with van der Waals surface area (Å²) >= 11 is 6.05. The lowest BCUT2D eigenvalue weighted by atomic mass is 10.1. The van der Waals surface area contributed by atoms with Gasteiger partial charge in [0.05, 0.1) is 0 Å². The minimum atomic E-state index is 0.519. The van der Waals surface area contributed by atoms with Gasteiger partial charge in [0.1, 0.15) is 0 Å². The van der Waals surface area contributed by atoms with Crippen molar-refractivity contribution in [2.24, 2.45) is 10.7 Å². The molecule has 0 spiro atoms. The van der Waals surface area contributed by atoms with Crippen LogP contribution in [0.3, 0.4) is 0 Å². The zero-order valence-corrected chi connectivity index (χ0v) is 11.0. The fourth-order valence-corrected chi connectivity index (χ4v) is 1.67. The zero-order valence-electron chi connectivity index (χ0n) is 10.2. The molecule has 0 atom stereocenters. The third-order valence-electron chi connectivity index (χ3n) is 2.45. The number of rotatable bonds is 6. The molecule has 0 aromatic heterocycles. The predicted molar refractivity (Wildman–Crippen MR) is 74.6 cm³/mol. The second-order valence-electron chi connectivity index (χ2n) is 3.89. The second-order valence-corrected chi connectivity index (χ2v) is 4.30. The molecule has 94 valence electrons. The summed E-state index contributed by atoms with van der Waals surface area (Å²) < 4.78 is 0. The van der Waals surface area contributed by atoms with Crippen LogP contribution < -0.4 is 11.1 Å². The number of nitrogens with one attached hydrogen (secondary N) is 1. The lowest BCUT2D eigenvalue weighted by molar-refractivity contribution is 0.791. The molecule has 3 nitrogen and oxygen atoms in total. The molecular formula is C13H20ClN3. The van der Waals surface area contributed by atoms with Crippen molar-refractivity contribution >= 4 is 17.6 Å². The maximum atomic E-state index is 6.05. The van der Waals surface area contributed by atoms with Crippen LogP contribution in [0.1, 0.15) is 25.3 Å². The largest absolute Gasteiger partial charge is 0.370 e. The Morgan fingerprint density at radius 3 is 2.88 bits per heavy atom. The van der Waals surface area contributed by atoms with Gasteiger partial charge in [0.15, 0.2) is 5.96 Å². The Morgan fingerprint density at radius 1 is 1.41 bits per heavy atom. The molecule has 0 saturated carbocycles. The summed E-state index contributed by atoms with van der Waals surface area (Å²) in [5.74, 6) is 0.519. The van der Waals surface area contributed by atoms with E-state index in [-0.39, 0.29) is 0 Å². The Kier molecular flexibility index (Phi) is 6.48.